The molecule has 0 bridgehead atoms. The summed E-state index contributed by atoms with van der Waals surface area (Å²) in [5.74, 6) is -0.142. The number of aromatic hydroxyl groups is 3. The maximum absolute atomic E-state index is 10.3. The van der Waals surface area contributed by atoms with Crippen LogP contribution >= 0.6 is 0 Å². The molecular weight excluding hydrogens is 400 g/mol. The van der Waals surface area contributed by atoms with E-state index in [0.717, 1.165) is 0 Å². The monoisotopic (exact) mass is 426 g/mol. The fourth-order valence-corrected chi connectivity index (χ4v) is 3.80. The van der Waals surface area contributed by atoms with E-state index in [1.54, 1.807) is 54.6 Å². The first-order chi connectivity index (χ1) is 14.9. The molecule has 4 N–H and O–H groups in total. The van der Waals surface area contributed by atoms with Crippen molar-refractivity contribution in [2.45, 2.75) is 11.8 Å². The predicted octanol–water partition coefficient (Wildman–Crippen LogP) is 3.74. The number of phenols is 3. The van der Waals surface area contributed by atoms with Crippen LogP contribution in [0.2, 0.25) is 0 Å². The van der Waals surface area contributed by atoms with Gasteiger partial charge in [-0.15, -0.1) is 0 Å². The highest BCUT2D eigenvalue weighted by Crippen LogP contribution is 2.44. The average Bonchev–Trinajstić information content (AvgIpc) is 2.77. The van der Waals surface area contributed by atoms with Gasteiger partial charge in [0.1, 0.15) is 0 Å². The highest BCUT2D eigenvalue weighted by molar-refractivity contribution is 5.51. The number of aliphatic hydroxyl groups excluding tert-OH is 1. The molecule has 0 aliphatic carbocycles. The van der Waals surface area contributed by atoms with E-state index < -0.39 is 11.8 Å². The molecule has 1 unspecified atom stereocenters. The first-order valence-electron chi connectivity index (χ1n) is 9.65. The highest BCUT2D eigenvalue weighted by Gasteiger charge is 2.28. The number of hydrogen-bond acceptors (Lipinski definition) is 7. The molecule has 0 heterocycles. The molecule has 0 saturated carbocycles. The maximum atomic E-state index is 10.3. The number of benzene rings is 3. The smallest absolute Gasteiger partial charge is 0.160 e. The molecule has 7 heteroatoms. The van der Waals surface area contributed by atoms with E-state index in [4.69, 9.17) is 14.2 Å². The SMILES string of the molecule is COc1ccc(C(CO)C(c2ccc(OC)c(O)c2)c2ccc(OC)c(O)c2)cc1O. The molecule has 0 amide bonds. The minimum atomic E-state index is -0.502. The zero-order valence-electron chi connectivity index (χ0n) is 17.6. The van der Waals surface area contributed by atoms with Crippen LogP contribution in [0.15, 0.2) is 54.6 Å². The lowest BCUT2D eigenvalue weighted by atomic mass is 9.77. The van der Waals surface area contributed by atoms with Gasteiger partial charge in [-0.05, 0) is 53.1 Å². The van der Waals surface area contributed by atoms with E-state index in [1.165, 1.54) is 21.3 Å². The molecule has 3 aromatic carbocycles. The first kappa shape index (κ1) is 22.1. The average molecular weight is 426 g/mol. The Labute approximate surface area is 180 Å². The van der Waals surface area contributed by atoms with Gasteiger partial charge in [-0.3, -0.25) is 0 Å². The molecule has 0 saturated heterocycles. The maximum Gasteiger partial charge on any atom is 0.160 e. The van der Waals surface area contributed by atoms with Gasteiger partial charge in [0.15, 0.2) is 34.5 Å². The third-order valence-corrected chi connectivity index (χ3v) is 5.35. The molecule has 0 aliphatic rings. The molecule has 3 aromatic rings. The Morgan fingerprint density at radius 3 is 1.29 bits per heavy atom. The summed E-state index contributed by atoms with van der Waals surface area (Å²) in [6.07, 6.45) is 0. The van der Waals surface area contributed by atoms with Crippen molar-refractivity contribution in [3.63, 3.8) is 0 Å². The van der Waals surface area contributed by atoms with E-state index >= 15 is 0 Å². The van der Waals surface area contributed by atoms with Crippen LogP contribution in [0.25, 0.3) is 0 Å². The van der Waals surface area contributed by atoms with E-state index in [0.29, 0.717) is 33.9 Å². The Bertz CT molecular complexity index is 995. The minimum Gasteiger partial charge on any atom is -0.504 e. The van der Waals surface area contributed by atoms with Crippen LogP contribution in [0.1, 0.15) is 28.5 Å². The van der Waals surface area contributed by atoms with E-state index in [-0.39, 0.29) is 23.9 Å². The summed E-state index contributed by atoms with van der Waals surface area (Å²) in [5.41, 5.74) is 2.05. The predicted molar refractivity (Wildman–Crippen MR) is 116 cm³/mol. The molecule has 31 heavy (non-hydrogen) atoms. The molecule has 7 nitrogen and oxygen atoms in total. The molecular formula is C24H26O7. The van der Waals surface area contributed by atoms with Crippen LogP contribution in [-0.4, -0.2) is 48.4 Å². The molecule has 1 atom stereocenters. The number of methoxy groups -OCH3 is 3. The van der Waals surface area contributed by atoms with Crippen molar-refractivity contribution in [2.75, 3.05) is 27.9 Å². The molecule has 164 valence electrons. The molecule has 0 fully saturated rings. The van der Waals surface area contributed by atoms with E-state index in [1.807, 2.05) is 0 Å². The van der Waals surface area contributed by atoms with Crippen molar-refractivity contribution in [1.29, 1.82) is 0 Å². The van der Waals surface area contributed by atoms with Crippen molar-refractivity contribution in [2.24, 2.45) is 0 Å². The molecule has 0 aliphatic heterocycles. The van der Waals surface area contributed by atoms with Gasteiger partial charge in [0.05, 0.1) is 27.9 Å². The fraction of sp³-hybridized carbons (Fsp3) is 0.250. The lowest BCUT2D eigenvalue weighted by Gasteiger charge is -2.28. The summed E-state index contributed by atoms with van der Waals surface area (Å²) in [6, 6.07) is 14.9. The zero-order valence-corrected chi connectivity index (χ0v) is 17.6. The van der Waals surface area contributed by atoms with Crippen molar-refractivity contribution < 1.29 is 34.6 Å². The summed E-state index contributed by atoms with van der Waals surface area (Å²) in [7, 11) is 4.38. The summed E-state index contributed by atoms with van der Waals surface area (Å²) in [6.45, 7) is -0.254. The van der Waals surface area contributed by atoms with E-state index in [2.05, 4.69) is 0 Å². The van der Waals surface area contributed by atoms with Gasteiger partial charge in [0, 0.05) is 11.8 Å². The summed E-state index contributed by atoms with van der Waals surface area (Å²) >= 11 is 0. The van der Waals surface area contributed by atoms with Crippen molar-refractivity contribution in [3.8, 4) is 34.5 Å². The van der Waals surface area contributed by atoms with Gasteiger partial charge < -0.3 is 34.6 Å². The van der Waals surface area contributed by atoms with Crippen LogP contribution in [0, 0.1) is 0 Å². The van der Waals surface area contributed by atoms with Gasteiger partial charge in [-0.25, -0.2) is 0 Å². The third kappa shape index (κ3) is 4.46. The zero-order chi connectivity index (χ0) is 22.5. The Kier molecular flexibility index (Phi) is 6.77. The van der Waals surface area contributed by atoms with Gasteiger partial charge in [-0.2, -0.15) is 0 Å². The van der Waals surface area contributed by atoms with Crippen LogP contribution in [0.5, 0.6) is 34.5 Å². The molecule has 0 aromatic heterocycles. The Morgan fingerprint density at radius 1 is 0.613 bits per heavy atom. The summed E-state index contributed by atoms with van der Waals surface area (Å²) in [4.78, 5) is 0. The quantitative estimate of drug-likeness (QED) is 0.435. The molecule has 3 rings (SSSR count). The first-order valence-corrected chi connectivity index (χ1v) is 9.65. The number of aliphatic hydroxyl groups is 1. The van der Waals surface area contributed by atoms with Crippen molar-refractivity contribution >= 4 is 0 Å². The summed E-state index contributed by atoms with van der Waals surface area (Å²) in [5, 5.41) is 41.3. The van der Waals surface area contributed by atoms with Gasteiger partial charge in [0.25, 0.3) is 0 Å². The van der Waals surface area contributed by atoms with Crippen LogP contribution in [-0.2, 0) is 0 Å². The summed E-state index contributed by atoms with van der Waals surface area (Å²) < 4.78 is 15.4. The van der Waals surface area contributed by atoms with Crippen LogP contribution < -0.4 is 14.2 Å². The second kappa shape index (κ2) is 9.49. The molecule has 0 radical (unpaired) electrons. The Balaban J connectivity index is 2.17. The highest BCUT2D eigenvalue weighted by atomic mass is 16.5. The Hall–Kier alpha value is -3.58. The van der Waals surface area contributed by atoms with E-state index in [9.17, 15) is 20.4 Å². The number of hydrogen-bond donors (Lipinski definition) is 4. The standard InChI is InChI=1S/C24H26O7/c1-29-21-7-4-14(10-18(21)26)17(13-25)24(15-5-8-22(30-2)19(27)11-15)16-6-9-23(31-3)20(28)12-16/h4-12,17,24-28H,13H2,1-3H3. The third-order valence-electron chi connectivity index (χ3n) is 5.35. The van der Waals surface area contributed by atoms with Crippen molar-refractivity contribution in [1.82, 2.24) is 0 Å². The normalized spacial score (nSPS) is 11.9. The second-order valence-corrected chi connectivity index (χ2v) is 7.06. The van der Waals surface area contributed by atoms with Crippen molar-refractivity contribution in [3.05, 3.63) is 71.3 Å². The van der Waals surface area contributed by atoms with Gasteiger partial charge >= 0.3 is 0 Å². The largest absolute Gasteiger partial charge is 0.504 e. The topological polar surface area (TPSA) is 109 Å². The van der Waals surface area contributed by atoms with Gasteiger partial charge in [-0.1, -0.05) is 18.2 Å². The van der Waals surface area contributed by atoms with Gasteiger partial charge in [0.2, 0.25) is 0 Å². The number of ether oxygens (including phenoxy) is 3. The lowest BCUT2D eigenvalue weighted by molar-refractivity contribution is 0.254. The Morgan fingerprint density at radius 2 is 0.968 bits per heavy atom. The minimum absolute atomic E-state index is 0.0444. The second-order valence-electron chi connectivity index (χ2n) is 7.06. The number of rotatable bonds is 8. The fourth-order valence-electron chi connectivity index (χ4n) is 3.80. The lowest BCUT2D eigenvalue weighted by Crippen LogP contribution is -2.17. The van der Waals surface area contributed by atoms with Crippen LogP contribution in [0.3, 0.4) is 0 Å². The number of phenolic OH excluding ortho intramolecular Hbond substituents is 3. The molecule has 0 spiro atoms. The van der Waals surface area contributed by atoms with Crippen LogP contribution in [0.4, 0.5) is 0 Å².